The summed E-state index contributed by atoms with van der Waals surface area (Å²) in [4.78, 5) is 34.0. The Bertz CT molecular complexity index is 1260. The van der Waals surface area contributed by atoms with Crippen LogP contribution in [-0.2, 0) is 14.8 Å². The zero-order valence-electron chi connectivity index (χ0n) is 18.8. The minimum absolute atomic E-state index is 0.0338. The monoisotopic (exact) mass is 483 g/mol. The summed E-state index contributed by atoms with van der Waals surface area (Å²) in [6.45, 7) is 4.20. The molecule has 34 heavy (non-hydrogen) atoms. The van der Waals surface area contributed by atoms with Crippen molar-refractivity contribution in [2.75, 3.05) is 16.6 Å². The van der Waals surface area contributed by atoms with Crippen molar-refractivity contribution in [1.29, 1.82) is 0 Å². The molecule has 0 radical (unpaired) electrons. The second-order valence-electron chi connectivity index (χ2n) is 7.71. The van der Waals surface area contributed by atoms with Gasteiger partial charge in [0.15, 0.2) is 0 Å². The first-order valence-electron chi connectivity index (χ1n) is 11.0. The highest BCUT2D eigenvalue weighted by Crippen LogP contribution is 2.29. The second-order valence-corrected chi connectivity index (χ2v) is 9.67. The van der Waals surface area contributed by atoms with Crippen LogP contribution in [0.5, 0.6) is 5.88 Å². The maximum absolute atomic E-state index is 12.9. The summed E-state index contributed by atoms with van der Waals surface area (Å²) in [7, 11) is -3.49. The first-order valence-corrected chi connectivity index (χ1v) is 12.5. The smallest absolute Gasteiger partial charge is 0.237 e. The van der Waals surface area contributed by atoms with E-state index in [1.54, 1.807) is 30.6 Å². The molecule has 0 bridgehead atoms. The minimum Gasteiger partial charge on any atom is -0.477 e. The quantitative estimate of drug-likeness (QED) is 0.444. The summed E-state index contributed by atoms with van der Waals surface area (Å²) >= 11 is 0. The highest BCUT2D eigenvalue weighted by atomic mass is 32.2. The Morgan fingerprint density at radius 3 is 2.62 bits per heavy atom. The molecule has 0 aromatic carbocycles. The van der Waals surface area contributed by atoms with Crippen LogP contribution >= 0.6 is 0 Å². The molecule has 1 fully saturated rings. The number of sulfonamides is 1. The molecule has 0 saturated heterocycles. The van der Waals surface area contributed by atoms with Crippen LogP contribution in [-0.4, -0.2) is 51.1 Å². The lowest BCUT2D eigenvalue weighted by atomic mass is 10.0. The molecule has 1 saturated carbocycles. The molecular formula is C22H25N7O4S. The Morgan fingerprint density at radius 1 is 1.12 bits per heavy atom. The molecule has 0 spiro atoms. The predicted octanol–water partition coefficient (Wildman–Crippen LogP) is 2.76. The molecule has 3 aromatic heterocycles. The van der Waals surface area contributed by atoms with Crippen molar-refractivity contribution in [3.63, 3.8) is 0 Å². The second kappa shape index (κ2) is 10.1. The van der Waals surface area contributed by atoms with Gasteiger partial charge in [-0.25, -0.2) is 28.4 Å². The molecule has 0 aliphatic heterocycles. The van der Waals surface area contributed by atoms with Gasteiger partial charge in [0.1, 0.15) is 5.82 Å². The normalized spacial score (nSPS) is 14.3. The lowest BCUT2D eigenvalue weighted by Crippen LogP contribution is -2.23. The maximum atomic E-state index is 12.9. The highest BCUT2D eigenvalue weighted by Gasteiger charge is 2.36. The molecule has 1 atom stereocenters. The van der Waals surface area contributed by atoms with Gasteiger partial charge in [-0.1, -0.05) is 6.92 Å². The third kappa shape index (κ3) is 5.63. The Morgan fingerprint density at radius 2 is 1.94 bits per heavy atom. The third-order valence-corrected chi connectivity index (χ3v) is 6.99. The van der Waals surface area contributed by atoms with Crippen molar-refractivity contribution < 1.29 is 17.9 Å². The number of hydrogen-bond donors (Lipinski definition) is 2. The zero-order valence-corrected chi connectivity index (χ0v) is 19.6. The molecular weight excluding hydrogens is 458 g/mol. The van der Waals surface area contributed by atoms with E-state index in [9.17, 15) is 13.2 Å². The fourth-order valence-electron chi connectivity index (χ4n) is 3.27. The molecule has 11 nitrogen and oxygen atoms in total. The number of nitrogens with zero attached hydrogens (tertiary/aromatic N) is 5. The maximum Gasteiger partial charge on any atom is 0.237 e. The summed E-state index contributed by atoms with van der Waals surface area (Å²) in [6, 6.07) is 5.05. The largest absolute Gasteiger partial charge is 0.477 e. The van der Waals surface area contributed by atoms with Gasteiger partial charge in [-0.15, -0.1) is 0 Å². The number of aromatic nitrogens is 5. The lowest BCUT2D eigenvalue weighted by Gasteiger charge is -2.15. The molecule has 3 aromatic rings. The van der Waals surface area contributed by atoms with Crippen molar-refractivity contribution in [2.24, 2.45) is 0 Å². The predicted molar refractivity (Wildman–Crippen MR) is 126 cm³/mol. The van der Waals surface area contributed by atoms with Crippen molar-refractivity contribution in [3.8, 4) is 17.1 Å². The fourth-order valence-corrected chi connectivity index (χ4v) is 4.55. The van der Waals surface area contributed by atoms with Crippen LogP contribution in [0.2, 0.25) is 0 Å². The number of hydrogen-bond acceptors (Lipinski definition) is 9. The van der Waals surface area contributed by atoms with Crippen LogP contribution in [0.15, 0.2) is 43.0 Å². The summed E-state index contributed by atoms with van der Waals surface area (Å²) < 4.78 is 32.1. The summed E-state index contributed by atoms with van der Waals surface area (Å²) in [6.07, 6.45) is 7.88. The van der Waals surface area contributed by atoms with Crippen molar-refractivity contribution in [3.05, 3.63) is 48.7 Å². The van der Waals surface area contributed by atoms with Crippen molar-refractivity contribution in [2.45, 2.75) is 44.3 Å². The third-order valence-electron chi connectivity index (χ3n) is 5.17. The van der Waals surface area contributed by atoms with Crippen LogP contribution in [0.3, 0.4) is 0 Å². The van der Waals surface area contributed by atoms with Gasteiger partial charge in [0.2, 0.25) is 27.8 Å². The highest BCUT2D eigenvalue weighted by molar-refractivity contribution is 7.93. The Balaban J connectivity index is 1.45. The Kier molecular flexibility index (Phi) is 6.96. The van der Waals surface area contributed by atoms with Crippen LogP contribution in [0, 0.1) is 0 Å². The topological polar surface area (TPSA) is 149 Å². The molecule has 1 aliphatic rings. The van der Waals surface area contributed by atoms with Gasteiger partial charge in [0, 0.05) is 18.0 Å². The van der Waals surface area contributed by atoms with E-state index in [4.69, 9.17) is 4.74 Å². The van der Waals surface area contributed by atoms with Gasteiger partial charge in [-0.2, -0.15) is 0 Å². The Labute approximate surface area is 197 Å². The number of rotatable bonds is 10. The zero-order chi connectivity index (χ0) is 24.1. The number of nitrogens with one attached hydrogen (secondary N) is 2. The van der Waals surface area contributed by atoms with E-state index in [2.05, 4.69) is 35.0 Å². The fraction of sp³-hybridized carbons (Fsp3) is 0.364. The van der Waals surface area contributed by atoms with Crippen molar-refractivity contribution >= 4 is 27.7 Å². The van der Waals surface area contributed by atoms with Crippen molar-refractivity contribution in [1.82, 2.24) is 24.9 Å². The summed E-state index contributed by atoms with van der Waals surface area (Å²) in [5.41, 5.74) is 1.75. The Hall–Kier alpha value is -3.67. The summed E-state index contributed by atoms with van der Waals surface area (Å²) in [5, 5.41) is 2.39. The van der Waals surface area contributed by atoms with Gasteiger partial charge in [-0.3, -0.25) is 14.5 Å². The molecule has 178 valence electrons. The number of carbonyl (C=O) groups excluding carboxylic acids is 1. The van der Waals surface area contributed by atoms with E-state index >= 15 is 0 Å². The van der Waals surface area contributed by atoms with Crippen LogP contribution in [0.1, 0.15) is 44.7 Å². The van der Waals surface area contributed by atoms with Gasteiger partial charge in [0.05, 0.1) is 41.6 Å². The van der Waals surface area contributed by atoms with Gasteiger partial charge in [-0.05, 0) is 44.4 Å². The van der Waals surface area contributed by atoms with Gasteiger partial charge in [0.25, 0.3) is 0 Å². The van der Waals surface area contributed by atoms with Crippen LogP contribution < -0.4 is 14.8 Å². The lowest BCUT2D eigenvalue weighted by molar-refractivity contribution is -0.117. The number of amides is 1. The van der Waals surface area contributed by atoms with E-state index in [0.717, 1.165) is 5.56 Å². The van der Waals surface area contributed by atoms with E-state index < -0.39 is 21.2 Å². The molecule has 1 amide bonds. The number of ether oxygens (including phenoxy) is 1. The van der Waals surface area contributed by atoms with Gasteiger partial charge < -0.3 is 10.1 Å². The molecule has 12 heteroatoms. The number of carbonyl (C=O) groups is 1. The molecule has 4 rings (SSSR count). The van der Waals surface area contributed by atoms with Crippen LogP contribution in [0.4, 0.5) is 11.8 Å². The van der Waals surface area contributed by atoms with E-state index in [-0.39, 0.29) is 11.9 Å². The molecule has 2 N–H and O–H groups in total. The van der Waals surface area contributed by atoms with E-state index in [0.29, 0.717) is 49.0 Å². The standard InChI is InChI=1S/C22H25N7O4S/c1-3-16(17-9-10-24-22(27-17)29-34(31,32)15-6-7-15)21(30)28-19-8-5-14(11-25-19)18-12-23-13-20(26-18)33-4-2/h5,8-13,15-16H,3-4,6-7H2,1-2H3,(H,24,27,29)(H,25,28,30). The SMILES string of the molecule is CCOc1cncc(-c2ccc(NC(=O)C(CC)c3ccnc(NS(=O)(=O)C4CC4)n3)nc2)n1. The van der Waals surface area contributed by atoms with Gasteiger partial charge >= 0.3 is 0 Å². The first kappa shape index (κ1) is 23.5. The molecule has 1 aliphatic carbocycles. The molecule has 3 heterocycles. The number of anilines is 2. The first-order chi connectivity index (χ1) is 16.4. The molecule has 1 unspecified atom stereocenters. The number of pyridine rings is 1. The van der Waals surface area contributed by atoms with Crippen LogP contribution in [0.25, 0.3) is 11.3 Å². The average molecular weight is 484 g/mol. The average Bonchev–Trinajstić information content (AvgIpc) is 3.67. The van der Waals surface area contributed by atoms with E-state index in [1.165, 1.54) is 12.4 Å². The minimum atomic E-state index is -3.49. The summed E-state index contributed by atoms with van der Waals surface area (Å²) in [5.74, 6) is -0.164. The van der Waals surface area contributed by atoms with E-state index in [1.807, 2.05) is 13.8 Å².